The van der Waals surface area contributed by atoms with E-state index in [0.29, 0.717) is 18.7 Å². The van der Waals surface area contributed by atoms with Crippen molar-refractivity contribution in [3.8, 4) is 0 Å². The molecular weight excluding hydrogens is 422 g/mol. The Hall–Kier alpha value is -2.38. The SMILES string of the molecule is CC[C@@H](C(=O)NCc1ccccc1CN1CCCCC1)N(c1cccc(C)c1)S(C)(=O)=O. The van der Waals surface area contributed by atoms with Crippen molar-refractivity contribution < 1.29 is 13.2 Å². The summed E-state index contributed by atoms with van der Waals surface area (Å²) in [5.41, 5.74) is 3.74. The zero-order valence-electron chi connectivity index (χ0n) is 19.4. The topological polar surface area (TPSA) is 69.7 Å². The lowest BCUT2D eigenvalue weighted by Crippen LogP contribution is -2.49. The van der Waals surface area contributed by atoms with Gasteiger partial charge in [0, 0.05) is 13.1 Å². The number of piperidine rings is 1. The van der Waals surface area contributed by atoms with Crippen molar-refractivity contribution in [2.24, 2.45) is 0 Å². The smallest absolute Gasteiger partial charge is 0.244 e. The molecule has 0 bridgehead atoms. The second-order valence-electron chi connectivity index (χ2n) is 8.65. The number of benzene rings is 2. The highest BCUT2D eigenvalue weighted by Gasteiger charge is 2.31. The van der Waals surface area contributed by atoms with Crippen molar-refractivity contribution in [1.82, 2.24) is 10.2 Å². The zero-order chi connectivity index (χ0) is 23.1. The number of hydrogen-bond donors (Lipinski definition) is 1. The molecule has 2 aromatic rings. The number of aryl methyl sites for hydroxylation is 1. The molecule has 3 rings (SSSR count). The number of nitrogens with zero attached hydrogens (tertiary/aromatic N) is 2. The molecular formula is C25H35N3O3S. The standard InChI is InChI=1S/C25H35N3O3S/c1-4-24(28(32(3,30)31)23-14-10-11-20(2)17-23)25(29)26-18-21-12-6-7-13-22(21)19-27-15-8-5-9-16-27/h6-7,10-14,17,24H,4-5,8-9,15-16,18-19H2,1-3H3,(H,26,29)/t24-/m0/s1. The molecule has 1 atom stereocenters. The van der Waals surface area contributed by atoms with Crippen LogP contribution >= 0.6 is 0 Å². The van der Waals surface area contributed by atoms with Crippen molar-refractivity contribution in [1.29, 1.82) is 0 Å². The number of sulfonamides is 1. The third-order valence-electron chi connectivity index (χ3n) is 6.00. The minimum atomic E-state index is -3.64. The van der Waals surface area contributed by atoms with Crippen LogP contribution in [0.4, 0.5) is 5.69 Å². The third-order valence-corrected chi connectivity index (χ3v) is 7.18. The van der Waals surface area contributed by atoms with Crippen LogP contribution in [0, 0.1) is 6.92 Å². The molecule has 0 radical (unpaired) electrons. The van der Waals surface area contributed by atoms with Gasteiger partial charge in [0.15, 0.2) is 0 Å². The number of carbonyl (C=O) groups is 1. The van der Waals surface area contributed by atoms with Crippen molar-refractivity contribution >= 4 is 21.6 Å². The van der Waals surface area contributed by atoms with Crippen LogP contribution in [0.25, 0.3) is 0 Å². The molecule has 32 heavy (non-hydrogen) atoms. The molecule has 6 nitrogen and oxygen atoms in total. The van der Waals surface area contributed by atoms with E-state index in [2.05, 4.69) is 16.3 Å². The quantitative estimate of drug-likeness (QED) is 0.621. The molecule has 1 aliphatic heterocycles. The molecule has 174 valence electrons. The summed E-state index contributed by atoms with van der Waals surface area (Å²) in [5.74, 6) is -0.285. The van der Waals surface area contributed by atoms with E-state index >= 15 is 0 Å². The van der Waals surface area contributed by atoms with Crippen LogP contribution in [-0.4, -0.2) is 44.6 Å². The largest absolute Gasteiger partial charge is 0.350 e. The van der Waals surface area contributed by atoms with Crippen LogP contribution in [-0.2, 0) is 27.9 Å². The minimum absolute atomic E-state index is 0.285. The maximum Gasteiger partial charge on any atom is 0.244 e. The lowest BCUT2D eigenvalue weighted by molar-refractivity contribution is -0.122. The van der Waals surface area contributed by atoms with Crippen molar-refractivity contribution in [3.05, 3.63) is 65.2 Å². The minimum Gasteiger partial charge on any atom is -0.350 e. The van der Waals surface area contributed by atoms with E-state index in [1.165, 1.54) is 29.1 Å². The van der Waals surface area contributed by atoms with Gasteiger partial charge in [-0.05, 0) is 68.1 Å². The predicted octanol–water partition coefficient (Wildman–Crippen LogP) is 3.84. The Morgan fingerprint density at radius 2 is 1.75 bits per heavy atom. The first-order chi connectivity index (χ1) is 15.3. The normalized spacial score (nSPS) is 15.8. The Bertz CT molecular complexity index is 1020. The van der Waals surface area contributed by atoms with Gasteiger partial charge < -0.3 is 5.32 Å². The summed E-state index contributed by atoms with van der Waals surface area (Å²) in [4.78, 5) is 15.6. The number of anilines is 1. The van der Waals surface area contributed by atoms with Gasteiger partial charge in [0.25, 0.3) is 0 Å². The van der Waals surface area contributed by atoms with Crippen LogP contribution in [0.15, 0.2) is 48.5 Å². The predicted molar refractivity (Wildman–Crippen MR) is 130 cm³/mol. The summed E-state index contributed by atoms with van der Waals surface area (Å²) in [6.45, 7) is 7.22. The van der Waals surface area contributed by atoms with Crippen molar-refractivity contribution in [2.45, 2.75) is 58.7 Å². The average molecular weight is 458 g/mol. The molecule has 7 heteroatoms. The van der Waals surface area contributed by atoms with Gasteiger partial charge in [-0.2, -0.15) is 0 Å². The lowest BCUT2D eigenvalue weighted by atomic mass is 10.0. The molecule has 1 amide bonds. The lowest BCUT2D eigenvalue weighted by Gasteiger charge is -2.30. The number of carbonyl (C=O) groups excluding carboxylic acids is 1. The van der Waals surface area contributed by atoms with E-state index in [0.717, 1.165) is 37.0 Å². The molecule has 0 aliphatic carbocycles. The number of hydrogen-bond acceptors (Lipinski definition) is 4. The fraction of sp³-hybridized carbons (Fsp3) is 0.480. The molecule has 1 heterocycles. The zero-order valence-corrected chi connectivity index (χ0v) is 20.2. The van der Waals surface area contributed by atoms with Gasteiger partial charge in [0.1, 0.15) is 6.04 Å². The summed E-state index contributed by atoms with van der Waals surface area (Å²) in [6.07, 6.45) is 5.29. The van der Waals surface area contributed by atoms with E-state index in [9.17, 15) is 13.2 Å². The Morgan fingerprint density at radius 3 is 2.38 bits per heavy atom. The Labute approximate surface area is 192 Å². The summed E-state index contributed by atoms with van der Waals surface area (Å²) in [7, 11) is -3.64. The summed E-state index contributed by atoms with van der Waals surface area (Å²) in [6, 6.07) is 14.6. The molecule has 1 N–H and O–H groups in total. The van der Waals surface area contributed by atoms with Crippen LogP contribution in [0.5, 0.6) is 0 Å². The molecule has 1 aliphatic rings. The van der Waals surface area contributed by atoms with Crippen LogP contribution in [0.2, 0.25) is 0 Å². The summed E-state index contributed by atoms with van der Waals surface area (Å²) < 4.78 is 26.5. The molecule has 0 unspecified atom stereocenters. The van der Waals surface area contributed by atoms with Crippen LogP contribution in [0.3, 0.4) is 0 Å². The van der Waals surface area contributed by atoms with E-state index in [1.54, 1.807) is 12.1 Å². The van der Waals surface area contributed by atoms with Gasteiger partial charge in [-0.3, -0.25) is 14.0 Å². The van der Waals surface area contributed by atoms with E-state index < -0.39 is 16.1 Å². The second kappa shape index (κ2) is 11.0. The number of amides is 1. The highest BCUT2D eigenvalue weighted by Crippen LogP contribution is 2.24. The molecule has 0 aromatic heterocycles. The first-order valence-electron chi connectivity index (χ1n) is 11.4. The Morgan fingerprint density at radius 1 is 1.06 bits per heavy atom. The number of likely N-dealkylation sites (tertiary alicyclic amines) is 1. The van der Waals surface area contributed by atoms with E-state index in [4.69, 9.17) is 0 Å². The molecule has 0 spiro atoms. The van der Waals surface area contributed by atoms with Gasteiger partial charge in [-0.25, -0.2) is 8.42 Å². The van der Waals surface area contributed by atoms with Gasteiger partial charge >= 0.3 is 0 Å². The van der Waals surface area contributed by atoms with Gasteiger partial charge in [0.2, 0.25) is 15.9 Å². The van der Waals surface area contributed by atoms with E-state index in [-0.39, 0.29) is 5.91 Å². The highest BCUT2D eigenvalue weighted by molar-refractivity contribution is 7.92. The van der Waals surface area contributed by atoms with Crippen molar-refractivity contribution in [2.75, 3.05) is 23.7 Å². The van der Waals surface area contributed by atoms with Gasteiger partial charge in [-0.15, -0.1) is 0 Å². The second-order valence-corrected chi connectivity index (χ2v) is 10.5. The first-order valence-corrected chi connectivity index (χ1v) is 13.3. The Balaban J connectivity index is 1.75. The van der Waals surface area contributed by atoms with Crippen LogP contribution < -0.4 is 9.62 Å². The fourth-order valence-electron chi connectivity index (χ4n) is 4.37. The monoisotopic (exact) mass is 457 g/mol. The van der Waals surface area contributed by atoms with Crippen LogP contribution in [0.1, 0.15) is 49.3 Å². The fourth-order valence-corrected chi connectivity index (χ4v) is 5.57. The third kappa shape index (κ3) is 6.33. The number of nitrogens with one attached hydrogen (secondary N) is 1. The average Bonchev–Trinajstić information content (AvgIpc) is 2.76. The highest BCUT2D eigenvalue weighted by atomic mass is 32.2. The molecule has 1 saturated heterocycles. The Kier molecular flexibility index (Phi) is 8.32. The number of rotatable bonds is 9. The van der Waals surface area contributed by atoms with Crippen molar-refractivity contribution in [3.63, 3.8) is 0 Å². The maximum absolute atomic E-state index is 13.2. The molecule has 0 saturated carbocycles. The van der Waals surface area contributed by atoms with Gasteiger partial charge in [-0.1, -0.05) is 49.7 Å². The maximum atomic E-state index is 13.2. The summed E-state index contributed by atoms with van der Waals surface area (Å²) in [5, 5.41) is 3.00. The summed E-state index contributed by atoms with van der Waals surface area (Å²) >= 11 is 0. The van der Waals surface area contributed by atoms with E-state index in [1.807, 2.05) is 44.2 Å². The van der Waals surface area contributed by atoms with Gasteiger partial charge in [0.05, 0.1) is 11.9 Å². The molecule has 1 fully saturated rings. The molecule has 2 aromatic carbocycles. The first kappa shape index (κ1) is 24.3.